The molecule has 0 aliphatic rings. The normalized spacial score (nSPS) is 12.2. The highest BCUT2D eigenvalue weighted by molar-refractivity contribution is 9.10. The molecule has 2 rings (SSSR count). The van der Waals surface area contributed by atoms with Gasteiger partial charge in [0.15, 0.2) is 11.6 Å². The zero-order valence-corrected chi connectivity index (χ0v) is 11.3. The van der Waals surface area contributed by atoms with Gasteiger partial charge >= 0.3 is 0 Å². The molecule has 1 N–H and O–H groups in total. The molecule has 18 heavy (non-hydrogen) atoms. The van der Waals surface area contributed by atoms with E-state index in [1.807, 2.05) is 12.1 Å². The van der Waals surface area contributed by atoms with Gasteiger partial charge in [-0.3, -0.25) is 0 Å². The predicted octanol–water partition coefficient (Wildman–Crippen LogP) is 3.68. The summed E-state index contributed by atoms with van der Waals surface area (Å²) in [6, 6.07) is 11.7. The van der Waals surface area contributed by atoms with Gasteiger partial charge in [0.1, 0.15) is 6.10 Å². The van der Waals surface area contributed by atoms with Gasteiger partial charge in [-0.2, -0.15) is 0 Å². The highest BCUT2D eigenvalue weighted by atomic mass is 79.9. The van der Waals surface area contributed by atoms with Crippen LogP contribution in [0.4, 0.5) is 4.39 Å². The van der Waals surface area contributed by atoms with Gasteiger partial charge in [0.05, 0.1) is 7.11 Å². The van der Waals surface area contributed by atoms with E-state index in [9.17, 15) is 9.50 Å². The first-order valence-electron chi connectivity index (χ1n) is 5.39. The number of rotatable bonds is 3. The third-order valence-electron chi connectivity index (χ3n) is 2.68. The number of hydrogen-bond donors (Lipinski definition) is 1. The summed E-state index contributed by atoms with van der Waals surface area (Å²) in [6.45, 7) is 0. The molecule has 4 heteroatoms. The molecule has 0 radical (unpaired) electrons. The Kier molecular flexibility index (Phi) is 3.99. The molecule has 0 aliphatic heterocycles. The Morgan fingerprint density at radius 2 is 1.72 bits per heavy atom. The molecule has 0 amide bonds. The minimum atomic E-state index is -0.849. The highest BCUT2D eigenvalue weighted by Gasteiger charge is 2.13. The lowest BCUT2D eigenvalue weighted by molar-refractivity contribution is 0.219. The van der Waals surface area contributed by atoms with Crippen molar-refractivity contribution in [2.45, 2.75) is 6.10 Å². The van der Waals surface area contributed by atoms with Gasteiger partial charge in [-0.1, -0.05) is 34.1 Å². The second-order valence-electron chi connectivity index (χ2n) is 3.85. The molecular weight excluding hydrogens is 299 g/mol. The van der Waals surface area contributed by atoms with Crippen LogP contribution in [0.3, 0.4) is 0 Å². The first kappa shape index (κ1) is 13.1. The van der Waals surface area contributed by atoms with Crippen LogP contribution in [-0.2, 0) is 0 Å². The zero-order chi connectivity index (χ0) is 13.1. The molecule has 2 nitrogen and oxygen atoms in total. The molecule has 0 bridgehead atoms. The van der Waals surface area contributed by atoms with E-state index in [0.29, 0.717) is 11.1 Å². The summed E-state index contributed by atoms with van der Waals surface area (Å²) in [5.74, 6) is -0.312. The SMILES string of the molecule is COc1ccc([C@H](O)c2ccc(Br)cc2)cc1F. The minimum absolute atomic E-state index is 0.168. The minimum Gasteiger partial charge on any atom is -0.494 e. The number of benzene rings is 2. The predicted molar refractivity (Wildman–Crippen MR) is 71.2 cm³/mol. The average molecular weight is 311 g/mol. The van der Waals surface area contributed by atoms with Crippen LogP contribution in [0.25, 0.3) is 0 Å². The maximum atomic E-state index is 13.5. The summed E-state index contributed by atoms with van der Waals surface area (Å²) in [5.41, 5.74) is 1.21. The highest BCUT2D eigenvalue weighted by Crippen LogP contribution is 2.27. The molecular formula is C14H12BrFO2. The lowest BCUT2D eigenvalue weighted by Crippen LogP contribution is -2.00. The van der Waals surface area contributed by atoms with Crippen LogP contribution in [0.5, 0.6) is 5.75 Å². The molecule has 2 aromatic rings. The third-order valence-corrected chi connectivity index (χ3v) is 3.21. The van der Waals surface area contributed by atoms with Crippen LogP contribution in [0.15, 0.2) is 46.9 Å². The second-order valence-corrected chi connectivity index (χ2v) is 4.76. The van der Waals surface area contributed by atoms with Gasteiger partial charge in [-0.25, -0.2) is 4.39 Å². The Bertz CT molecular complexity index is 540. The number of hydrogen-bond acceptors (Lipinski definition) is 2. The summed E-state index contributed by atoms with van der Waals surface area (Å²) in [6.07, 6.45) is -0.849. The fourth-order valence-electron chi connectivity index (χ4n) is 1.69. The van der Waals surface area contributed by atoms with Crippen molar-refractivity contribution in [3.63, 3.8) is 0 Å². The summed E-state index contributed by atoms with van der Waals surface area (Å²) in [5, 5.41) is 10.1. The lowest BCUT2D eigenvalue weighted by Gasteiger charge is -2.12. The standard InChI is InChI=1S/C14H12BrFO2/c1-18-13-7-4-10(8-12(13)16)14(17)9-2-5-11(15)6-3-9/h2-8,14,17H,1H3/t14-/m1/s1. The average Bonchev–Trinajstić information content (AvgIpc) is 2.38. The topological polar surface area (TPSA) is 29.5 Å². The molecule has 0 saturated carbocycles. The Labute approximate surface area is 113 Å². The van der Waals surface area contributed by atoms with E-state index in [-0.39, 0.29) is 5.75 Å². The maximum Gasteiger partial charge on any atom is 0.165 e. The lowest BCUT2D eigenvalue weighted by atomic mass is 10.0. The van der Waals surface area contributed by atoms with Crippen molar-refractivity contribution >= 4 is 15.9 Å². The van der Waals surface area contributed by atoms with Crippen molar-refractivity contribution in [1.29, 1.82) is 0 Å². The van der Waals surface area contributed by atoms with Crippen molar-refractivity contribution in [2.75, 3.05) is 7.11 Å². The van der Waals surface area contributed by atoms with E-state index >= 15 is 0 Å². The largest absolute Gasteiger partial charge is 0.494 e. The van der Waals surface area contributed by atoms with Gasteiger partial charge < -0.3 is 9.84 Å². The van der Waals surface area contributed by atoms with Gasteiger partial charge in [0.2, 0.25) is 0 Å². The van der Waals surface area contributed by atoms with Crippen molar-refractivity contribution in [3.05, 3.63) is 63.9 Å². The molecule has 0 aliphatic carbocycles. The molecule has 0 unspecified atom stereocenters. The third kappa shape index (κ3) is 2.71. The number of methoxy groups -OCH3 is 1. The van der Waals surface area contributed by atoms with E-state index in [0.717, 1.165) is 4.47 Å². The Morgan fingerprint density at radius 1 is 1.11 bits per heavy atom. The Balaban J connectivity index is 2.31. The monoisotopic (exact) mass is 310 g/mol. The molecule has 0 aromatic heterocycles. The molecule has 0 heterocycles. The van der Waals surface area contributed by atoms with Crippen LogP contribution in [0, 0.1) is 5.82 Å². The van der Waals surface area contributed by atoms with Crippen LogP contribution in [0.1, 0.15) is 17.2 Å². The van der Waals surface area contributed by atoms with Gasteiger partial charge in [0, 0.05) is 4.47 Å². The van der Waals surface area contributed by atoms with E-state index in [1.165, 1.54) is 19.2 Å². The van der Waals surface area contributed by atoms with Gasteiger partial charge in [0.25, 0.3) is 0 Å². The maximum absolute atomic E-state index is 13.5. The first-order chi connectivity index (χ1) is 8.61. The van der Waals surface area contributed by atoms with Gasteiger partial charge in [-0.05, 0) is 35.4 Å². The number of halogens is 2. The smallest absolute Gasteiger partial charge is 0.165 e. The fraction of sp³-hybridized carbons (Fsp3) is 0.143. The molecule has 0 fully saturated rings. The van der Waals surface area contributed by atoms with E-state index < -0.39 is 11.9 Å². The fourth-order valence-corrected chi connectivity index (χ4v) is 1.95. The molecule has 2 aromatic carbocycles. The second kappa shape index (κ2) is 5.50. The summed E-state index contributed by atoms with van der Waals surface area (Å²) in [4.78, 5) is 0. The van der Waals surface area contributed by atoms with E-state index in [4.69, 9.17) is 4.74 Å². The van der Waals surface area contributed by atoms with E-state index in [2.05, 4.69) is 15.9 Å². The molecule has 1 atom stereocenters. The quantitative estimate of drug-likeness (QED) is 0.937. The summed E-state index contributed by atoms with van der Waals surface area (Å²) >= 11 is 3.32. The zero-order valence-electron chi connectivity index (χ0n) is 9.73. The van der Waals surface area contributed by atoms with Gasteiger partial charge in [-0.15, -0.1) is 0 Å². The Hall–Kier alpha value is -1.39. The molecule has 0 saturated heterocycles. The van der Waals surface area contributed by atoms with Crippen molar-refractivity contribution in [3.8, 4) is 5.75 Å². The van der Waals surface area contributed by atoms with Crippen LogP contribution < -0.4 is 4.74 Å². The van der Waals surface area contributed by atoms with Crippen molar-refractivity contribution in [2.24, 2.45) is 0 Å². The number of aliphatic hydroxyl groups is 1. The summed E-state index contributed by atoms with van der Waals surface area (Å²) in [7, 11) is 1.41. The number of ether oxygens (including phenoxy) is 1. The summed E-state index contributed by atoms with van der Waals surface area (Å²) < 4.78 is 19.3. The van der Waals surface area contributed by atoms with Crippen LogP contribution in [-0.4, -0.2) is 12.2 Å². The van der Waals surface area contributed by atoms with E-state index in [1.54, 1.807) is 18.2 Å². The van der Waals surface area contributed by atoms with Crippen LogP contribution >= 0.6 is 15.9 Å². The van der Waals surface area contributed by atoms with Crippen molar-refractivity contribution < 1.29 is 14.2 Å². The molecule has 0 spiro atoms. The van der Waals surface area contributed by atoms with Crippen molar-refractivity contribution in [1.82, 2.24) is 0 Å². The Morgan fingerprint density at radius 3 is 2.28 bits per heavy atom. The van der Waals surface area contributed by atoms with Crippen LogP contribution in [0.2, 0.25) is 0 Å². The molecule has 94 valence electrons. The first-order valence-corrected chi connectivity index (χ1v) is 6.18. The number of aliphatic hydroxyl groups excluding tert-OH is 1.